The van der Waals surface area contributed by atoms with E-state index < -0.39 is 0 Å². The van der Waals surface area contributed by atoms with Gasteiger partial charge in [-0.1, -0.05) is 35.5 Å². The molecule has 3 rings (SSSR count). The number of carbonyl (C=O) groups excluding carboxylic acids is 1. The second kappa shape index (κ2) is 8.94. The number of anilines is 1. The maximum atomic E-state index is 12.8. The Kier molecular flexibility index (Phi) is 6.59. The van der Waals surface area contributed by atoms with E-state index >= 15 is 0 Å². The van der Waals surface area contributed by atoms with Crippen LogP contribution in [0.3, 0.4) is 0 Å². The smallest absolute Gasteiger partial charge is 0.262 e. The third kappa shape index (κ3) is 4.66. The average Bonchev–Trinajstić information content (AvgIpc) is 2.65. The number of halogens is 2. The molecule has 8 heteroatoms. The fourth-order valence-electron chi connectivity index (χ4n) is 2.61. The van der Waals surface area contributed by atoms with Crippen LogP contribution in [-0.4, -0.2) is 21.2 Å². The molecule has 0 saturated carbocycles. The van der Waals surface area contributed by atoms with E-state index in [0.29, 0.717) is 33.3 Å². The van der Waals surface area contributed by atoms with Gasteiger partial charge in [-0.15, -0.1) is 6.58 Å². The standard InChI is InChI=1S/C20H17BrClN3O2S/c1-3-8-25-19(27)14-6-5-13(22)10-17(14)24-20(25)28-11-18(26)23-16-7-4-12(2)9-15(16)21/h3-7,9-10H,1,8,11H2,2H3,(H,23,26). The van der Waals surface area contributed by atoms with Crippen molar-refractivity contribution in [2.45, 2.75) is 18.6 Å². The van der Waals surface area contributed by atoms with E-state index in [4.69, 9.17) is 11.6 Å². The van der Waals surface area contributed by atoms with Gasteiger partial charge in [0.05, 0.1) is 22.3 Å². The lowest BCUT2D eigenvalue weighted by Crippen LogP contribution is -2.23. The summed E-state index contributed by atoms with van der Waals surface area (Å²) in [6.45, 7) is 5.98. The van der Waals surface area contributed by atoms with Crippen molar-refractivity contribution in [2.75, 3.05) is 11.1 Å². The molecule has 1 heterocycles. The first-order valence-electron chi connectivity index (χ1n) is 8.39. The lowest BCUT2D eigenvalue weighted by atomic mass is 10.2. The number of aromatic nitrogens is 2. The maximum Gasteiger partial charge on any atom is 0.262 e. The SMILES string of the molecule is C=CCn1c(SCC(=O)Nc2ccc(C)cc2Br)nc2cc(Cl)ccc2c1=O. The van der Waals surface area contributed by atoms with Gasteiger partial charge < -0.3 is 5.32 Å². The van der Waals surface area contributed by atoms with Gasteiger partial charge in [0.2, 0.25) is 5.91 Å². The number of hydrogen-bond acceptors (Lipinski definition) is 4. The van der Waals surface area contributed by atoms with E-state index in [1.807, 2.05) is 25.1 Å². The number of amides is 1. The Balaban J connectivity index is 1.84. The van der Waals surface area contributed by atoms with Crippen LogP contribution < -0.4 is 10.9 Å². The normalized spacial score (nSPS) is 10.8. The molecule has 0 fully saturated rings. The first-order chi connectivity index (χ1) is 13.4. The maximum absolute atomic E-state index is 12.8. The summed E-state index contributed by atoms with van der Waals surface area (Å²) in [7, 11) is 0. The van der Waals surface area contributed by atoms with E-state index in [1.54, 1.807) is 24.3 Å². The van der Waals surface area contributed by atoms with Crippen molar-refractivity contribution in [3.63, 3.8) is 0 Å². The monoisotopic (exact) mass is 477 g/mol. The average molecular weight is 479 g/mol. The highest BCUT2D eigenvalue weighted by Crippen LogP contribution is 2.24. The van der Waals surface area contributed by atoms with Crippen molar-refractivity contribution in [1.82, 2.24) is 9.55 Å². The number of rotatable bonds is 6. The van der Waals surface area contributed by atoms with Crippen molar-refractivity contribution in [3.8, 4) is 0 Å². The highest BCUT2D eigenvalue weighted by molar-refractivity contribution is 9.10. The molecule has 5 nitrogen and oxygen atoms in total. The van der Waals surface area contributed by atoms with Crippen LogP contribution in [0, 0.1) is 6.92 Å². The van der Waals surface area contributed by atoms with Crippen molar-refractivity contribution >= 4 is 61.8 Å². The first-order valence-corrected chi connectivity index (χ1v) is 10.5. The Morgan fingerprint density at radius 3 is 2.86 bits per heavy atom. The van der Waals surface area contributed by atoms with Gasteiger partial charge in [-0.25, -0.2) is 4.98 Å². The highest BCUT2D eigenvalue weighted by atomic mass is 79.9. The Morgan fingerprint density at radius 1 is 1.36 bits per heavy atom. The predicted octanol–water partition coefficient (Wildman–Crippen LogP) is 5.04. The van der Waals surface area contributed by atoms with E-state index in [2.05, 4.69) is 32.8 Å². The van der Waals surface area contributed by atoms with Crippen LogP contribution in [0.25, 0.3) is 10.9 Å². The van der Waals surface area contributed by atoms with Gasteiger partial charge in [0.15, 0.2) is 5.16 Å². The lowest BCUT2D eigenvalue weighted by Gasteiger charge is -2.12. The summed E-state index contributed by atoms with van der Waals surface area (Å²) in [5.41, 5.74) is 2.09. The topological polar surface area (TPSA) is 64.0 Å². The first kappa shape index (κ1) is 20.6. The van der Waals surface area contributed by atoms with Crippen LogP contribution in [-0.2, 0) is 11.3 Å². The largest absolute Gasteiger partial charge is 0.324 e. The van der Waals surface area contributed by atoms with Crippen molar-refractivity contribution in [3.05, 3.63) is 74.5 Å². The molecule has 0 atom stereocenters. The molecule has 0 saturated heterocycles. The molecule has 28 heavy (non-hydrogen) atoms. The van der Waals surface area contributed by atoms with Crippen LogP contribution >= 0.6 is 39.3 Å². The quantitative estimate of drug-likeness (QED) is 0.306. The van der Waals surface area contributed by atoms with Gasteiger partial charge in [-0.05, 0) is 58.7 Å². The minimum absolute atomic E-state index is 0.107. The second-order valence-corrected chi connectivity index (χ2v) is 8.31. The second-order valence-electron chi connectivity index (χ2n) is 6.08. The minimum Gasteiger partial charge on any atom is -0.324 e. The number of nitrogens with zero attached hydrogens (tertiary/aromatic N) is 2. The van der Waals surface area contributed by atoms with Crippen LogP contribution in [0.2, 0.25) is 5.02 Å². The van der Waals surface area contributed by atoms with E-state index in [-0.39, 0.29) is 17.2 Å². The summed E-state index contributed by atoms with van der Waals surface area (Å²) in [5, 5.41) is 4.27. The summed E-state index contributed by atoms with van der Waals surface area (Å²) >= 11 is 10.7. The Hall–Kier alpha value is -2.09. The number of allylic oxidation sites excluding steroid dienone is 1. The summed E-state index contributed by atoms with van der Waals surface area (Å²) in [6.07, 6.45) is 1.62. The molecule has 0 aliphatic carbocycles. The number of thioether (sulfide) groups is 1. The number of hydrogen-bond donors (Lipinski definition) is 1. The number of nitrogens with one attached hydrogen (secondary N) is 1. The minimum atomic E-state index is -0.194. The summed E-state index contributed by atoms with van der Waals surface area (Å²) in [4.78, 5) is 29.7. The summed E-state index contributed by atoms with van der Waals surface area (Å²) in [5.74, 6) is -0.0872. The highest BCUT2D eigenvalue weighted by Gasteiger charge is 2.14. The van der Waals surface area contributed by atoms with Gasteiger partial charge in [-0.2, -0.15) is 0 Å². The third-order valence-electron chi connectivity index (χ3n) is 3.93. The molecule has 1 aromatic heterocycles. The molecule has 0 spiro atoms. The van der Waals surface area contributed by atoms with Crippen LogP contribution in [0.15, 0.2) is 63.5 Å². The predicted molar refractivity (Wildman–Crippen MR) is 119 cm³/mol. The van der Waals surface area contributed by atoms with E-state index in [1.165, 1.54) is 16.3 Å². The molecular formula is C20H17BrClN3O2S. The Bertz CT molecular complexity index is 1130. The molecule has 0 aliphatic heterocycles. The van der Waals surface area contributed by atoms with Crippen molar-refractivity contribution in [2.24, 2.45) is 0 Å². The van der Waals surface area contributed by atoms with Crippen LogP contribution in [0.4, 0.5) is 5.69 Å². The summed E-state index contributed by atoms with van der Waals surface area (Å²) in [6, 6.07) is 10.6. The van der Waals surface area contributed by atoms with Gasteiger partial charge in [0.1, 0.15) is 0 Å². The molecule has 0 aliphatic rings. The fraction of sp³-hybridized carbons (Fsp3) is 0.150. The lowest BCUT2D eigenvalue weighted by molar-refractivity contribution is -0.113. The molecule has 1 amide bonds. The molecule has 144 valence electrons. The molecule has 0 bridgehead atoms. The molecule has 1 N–H and O–H groups in total. The van der Waals surface area contributed by atoms with Gasteiger partial charge in [0.25, 0.3) is 5.56 Å². The molecule has 0 radical (unpaired) electrons. The van der Waals surface area contributed by atoms with E-state index in [0.717, 1.165) is 10.0 Å². The number of benzene rings is 2. The molecular weight excluding hydrogens is 462 g/mol. The summed E-state index contributed by atoms with van der Waals surface area (Å²) < 4.78 is 2.32. The number of fused-ring (bicyclic) bond motifs is 1. The van der Waals surface area contributed by atoms with Gasteiger partial charge in [-0.3, -0.25) is 14.2 Å². The number of carbonyl (C=O) groups is 1. The zero-order valence-electron chi connectivity index (χ0n) is 15.0. The van der Waals surface area contributed by atoms with Crippen LogP contribution in [0.5, 0.6) is 0 Å². The molecule has 3 aromatic rings. The number of aryl methyl sites for hydroxylation is 1. The van der Waals surface area contributed by atoms with E-state index in [9.17, 15) is 9.59 Å². The third-order valence-corrected chi connectivity index (χ3v) is 5.79. The van der Waals surface area contributed by atoms with Crippen molar-refractivity contribution < 1.29 is 4.79 Å². The Morgan fingerprint density at radius 2 is 2.14 bits per heavy atom. The Labute approximate surface area is 179 Å². The zero-order chi connectivity index (χ0) is 20.3. The van der Waals surface area contributed by atoms with Gasteiger partial charge >= 0.3 is 0 Å². The fourth-order valence-corrected chi connectivity index (χ4v) is 4.18. The van der Waals surface area contributed by atoms with Gasteiger partial charge in [0, 0.05) is 16.0 Å². The van der Waals surface area contributed by atoms with Crippen molar-refractivity contribution in [1.29, 1.82) is 0 Å². The molecule has 0 unspecified atom stereocenters. The zero-order valence-corrected chi connectivity index (χ0v) is 18.2. The van der Waals surface area contributed by atoms with Crippen LogP contribution in [0.1, 0.15) is 5.56 Å². The molecule has 2 aromatic carbocycles.